The molecule has 0 amide bonds. The molecule has 0 aliphatic carbocycles. The molecule has 4 nitrogen and oxygen atoms in total. The smallest absolute Gasteiger partial charge is 0.343 e. The second-order valence-electron chi connectivity index (χ2n) is 6.03. The van der Waals surface area contributed by atoms with Crippen LogP contribution >= 0.6 is 23.2 Å². The highest BCUT2D eigenvalue weighted by Gasteiger charge is 2.15. The zero-order valence-electron chi connectivity index (χ0n) is 15.0. The number of benzene rings is 3. The number of carbonyl (C=O) groups excluding carboxylic acids is 2. The highest BCUT2D eigenvalue weighted by molar-refractivity contribution is 6.17. The Morgan fingerprint density at radius 2 is 1.21 bits per heavy atom. The SMILES string of the molecule is O=C(Oc1ccc(OC(=O)c2ccc(CCl)cc2)c(F)c1)c1ccc(CCl)cc1. The quantitative estimate of drug-likeness (QED) is 0.283. The molecule has 0 saturated carbocycles. The van der Waals surface area contributed by atoms with Crippen LogP contribution in [0.3, 0.4) is 0 Å². The number of hydrogen-bond acceptors (Lipinski definition) is 4. The molecule has 3 aromatic carbocycles. The van der Waals surface area contributed by atoms with Crippen molar-refractivity contribution in [3.63, 3.8) is 0 Å². The Labute approximate surface area is 176 Å². The van der Waals surface area contributed by atoms with E-state index in [1.807, 2.05) is 0 Å². The lowest BCUT2D eigenvalue weighted by Crippen LogP contribution is -2.11. The van der Waals surface area contributed by atoms with E-state index in [-0.39, 0.29) is 17.1 Å². The summed E-state index contributed by atoms with van der Waals surface area (Å²) in [7, 11) is 0. The molecule has 148 valence electrons. The van der Waals surface area contributed by atoms with E-state index in [0.29, 0.717) is 17.3 Å². The molecule has 0 N–H and O–H groups in total. The number of hydrogen-bond donors (Lipinski definition) is 0. The molecule has 0 aliphatic rings. The van der Waals surface area contributed by atoms with E-state index in [1.165, 1.54) is 12.1 Å². The third kappa shape index (κ3) is 5.34. The van der Waals surface area contributed by atoms with Crippen LogP contribution in [0, 0.1) is 5.82 Å². The van der Waals surface area contributed by atoms with Crippen LogP contribution in [0.4, 0.5) is 4.39 Å². The molecule has 7 heteroatoms. The fraction of sp³-hybridized carbons (Fsp3) is 0.0909. The van der Waals surface area contributed by atoms with Gasteiger partial charge in [-0.15, -0.1) is 23.2 Å². The standard InChI is InChI=1S/C22H15Cl2FO4/c23-12-14-1-5-16(6-2-14)21(26)28-18-9-10-20(19(25)11-18)29-22(27)17-7-3-15(13-24)4-8-17/h1-11H,12-13H2. The third-order valence-electron chi connectivity index (χ3n) is 4.00. The number of carbonyl (C=O) groups is 2. The molecule has 0 radical (unpaired) electrons. The van der Waals surface area contributed by atoms with Crippen LogP contribution in [-0.2, 0) is 11.8 Å². The minimum absolute atomic E-state index is 0.0137. The largest absolute Gasteiger partial charge is 0.423 e. The van der Waals surface area contributed by atoms with Gasteiger partial charge in [-0.1, -0.05) is 24.3 Å². The van der Waals surface area contributed by atoms with Gasteiger partial charge in [0, 0.05) is 17.8 Å². The Bertz CT molecular complexity index is 1020. The summed E-state index contributed by atoms with van der Waals surface area (Å²) in [6, 6.07) is 16.5. The lowest BCUT2D eigenvalue weighted by Gasteiger charge is -2.09. The van der Waals surface area contributed by atoms with Crippen molar-refractivity contribution in [3.05, 3.63) is 94.8 Å². The van der Waals surface area contributed by atoms with Crippen LogP contribution < -0.4 is 9.47 Å². The minimum atomic E-state index is -0.835. The first-order valence-electron chi connectivity index (χ1n) is 8.54. The second-order valence-corrected chi connectivity index (χ2v) is 6.57. The maximum atomic E-state index is 14.3. The zero-order valence-corrected chi connectivity index (χ0v) is 16.5. The first kappa shape index (κ1) is 20.8. The topological polar surface area (TPSA) is 52.6 Å². The highest BCUT2D eigenvalue weighted by Crippen LogP contribution is 2.24. The van der Waals surface area contributed by atoms with Gasteiger partial charge in [-0.05, 0) is 47.5 Å². The molecule has 0 spiro atoms. The first-order chi connectivity index (χ1) is 14.0. The van der Waals surface area contributed by atoms with Crippen molar-refractivity contribution in [1.82, 2.24) is 0 Å². The zero-order chi connectivity index (χ0) is 20.8. The van der Waals surface area contributed by atoms with Gasteiger partial charge in [-0.3, -0.25) is 0 Å². The average Bonchev–Trinajstić information content (AvgIpc) is 2.75. The van der Waals surface area contributed by atoms with Gasteiger partial charge < -0.3 is 9.47 Å². The van der Waals surface area contributed by atoms with Crippen molar-refractivity contribution >= 4 is 35.1 Å². The molecule has 29 heavy (non-hydrogen) atoms. The van der Waals surface area contributed by atoms with Gasteiger partial charge in [0.25, 0.3) is 0 Å². The van der Waals surface area contributed by atoms with Gasteiger partial charge in [0.05, 0.1) is 11.1 Å². The molecular formula is C22H15Cl2FO4. The van der Waals surface area contributed by atoms with Gasteiger partial charge in [0.15, 0.2) is 11.6 Å². The molecular weight excluding hydrogens is 418 g/mol. The normalized spacial score (nSPS) is 10.4. The highest BCUT2D eigenvalue weighted by atomic mass is 35.5. The Balaban J connectivity index is 1.67. The van der Waals surface area contributed by atoms with E-state index in [4.69, 9.17) is 32.7 Å². The van der Waals surface area contributed by atoms with Gasteiger partial charge in [0.1, 0.15) is 5.75 Å². The van der Waals surface area contributed by atoms with Crippen LogP contribution in [0.2, 0.25) is 0 Å². The molecule has 0 heterocycles. The summed E-state index contributed by atoms with van der Waals surface area (Å²) in [5.41, 5.74) is 2.26. The monoisotopic (exact) mass is 432 g/mol. The maximum Gasteiger partial charge on any atom is 0.343 e. The molecule has 0 bridgehead atoms. The Hall–Kier alpha value is -2.89. The summed E-state index contributed by atoms with van der Waals surface area (Å²) in [5, 5.41) is 0. The van der Waals surface area contributed by atoms with Crippen LogP contribution in [0.15, 0.2) is 66.7 Å². The number of esters is 2. The fourth-order valence-corrected chi connectivity index (χ4v) is 2.77. The Morgan fingerprint density at radius 3 is 1.66 bits per heavy atom. The van der Waals surface area contributed by atoms with Crippen molar-refractivity contribution in [2.45, 2.75) is 11.8 Å². The van der Waals surface area contributed by atoms with E-state index < -0.39 is 17.8 Å². The summed E-state index contributed by atoms with van der Waals surface area (Å²) in [6.45, 7) is 0. The van der Waals surface area contributed by atoms with Crippen molar-refractivity contribution < 1.29 is 23.5 Å². The molecule has 0 fully saturated rings. The van der Waals surface area contributed by atoms with Crippen molar-refractivity contribution in [1.29, 1.82) is 0 Å². The van der Waals surface area contributed by atoms with Gasteiger partial charge >= 0.3 is 11.9 Å². The molecule has 0 atom stereocenters. The summed E-state index contributed by atoms with van der Waals surface area (Å²) < 4.78 is 24.5. The Morgan fingerprint density at radius 1 is 0.724 bits per heavy atom. The number of rotatable bonds is 6. The van der Waals surface area contributed by atoms with E-state index in [0.717, 1.165) is 17.2 Å². The number of alkyl halides is 2. The van der Waals surface area contributed by atoms with Gasteiger partial charge in [0.2, 0.25) is 0 Å². The molecule has 0 unspecified atom stereocenters. The van der Waals surface area contributed by atoms with E-state index >= 15 is 0 Å². The number of ether oxygens (including phenoxy) is 2. The fourth-order valence-electron chi connectivity index (χ4n) is 2.41. The molecule has 3 aromatic rings. The summed E-state index contributed by atoms with van der Waals surface area (Å²) in [5.74, 6) is -1.83. The van der Waals surface area contributed by atoms with Crippen LogP contribution in [0.1, 0.15) is 31.8 Å². The first-order valence-corrected chi connectivity index (χ1v) is 9.61. The second kappa shape index (κ2) is 9.54. The van der Waals surface area contributed by atoms with Gasteiger partial charge in [-0.2, -0.15) is 0 Å². The third-order valence-corrected chi connectivity index (χ3v) is 4.62. The van der Waals surface area contributed by atoms with E-state index in [9.17, 15) is 14.0 Å². The predicted molar refractivity (Wildman–Crippen MR) is 108 cm³/mol. The minimum Gasteiger partial charge on any atom is -0.423 e. The van der Waals surface area contributed by atoms with Crippen molar-refractivity contribution in [2.24, 2.45) is 0 Å². The van der Waals surface area contributed by atoms with E-state index in [1.54, 1.807) is 48.5 Å². The lowest BCUT2D eigenvalue weighted by molar-refractivity contribution is 0.0713. The Kier molecular flexibility index (Phi) is 6.86. The average molecular weight is 433 g/mol. The maximum absolute atomic E-state index is 14.3. The summed E-state index contributed by atoms with van der Waals surface area (Å²) >= 11 is 11.4. The molecule has 3 rings (SSSR count). The predicted octanol–water partition coefficient (Wildman–Crippen LogP) is 5.74. The van der Waals surface area contributed by atoms with Crippen LogP contribution in [-0.4, -0.2) is 11.9 Å². The van der Waals surface area contributed by atoms with Crippen LogP contribution in [0.25, 0.3) is 0 Å². The van der Waals surface area contributed by atoms with Gasteiger partial charge in [-0.25, -0.2) is 14.0 Å². The molecule has 0 saturated heterocycles. The number of halogens is 3. The van der Waals surface area contributed by atoms with E-state index in [2.05, 4.69) is 0 Å². The summed E-state index contributed by atoms with van der Waals surface area (Å²) in [4.78, 5) is 24.3. The lowest BCUT2D eigenvalue weighted by atomic mass is 10.1. The van der Waals surface area contributed by atoms with Crippen molar-refractivity contribution in [2.75, 3.05) is 0 Å². The molecule has 0 aromatic heterocycles. The van der Waals surface area contributed by atoms with Crippen molar-refractivity contribution in [3.8, 4) is 11.5 Å². The molecule has 0 aliphatic heterocycles. The summed E-state index contributed by atoms with van der Waals surface area (Å²) in [6.07, 6.45) is 0. The van der Waals surface area contributed by atoms with Crippen LogP contribution in [0.5, 0.6) is 11.5 Å².